The second-order valence-electron chi connectivity index (χ2n) is 6.45. The summed E-state index contributed by atoms with van der Waals surface area (Å²) >= 11 is 0. The summed E-state index contributed by atoms with van der Waals surface area (Å²) in [6.07, 6.45) is 9.12. The number of fused-ring (bicyclic) bond motifs is 1. The number of para-hydroxylation sites is 1. The molecule has 0 atom stereocenters. The second-order valence-corrected chi connectivity index (χ2v) is 6.45. The Balaban J connectivity index is 1.81. The van der Waals surface area contributed by atoms with E-state index < -0.39 is 0 Å². The van der Waals surface area contributed by atoms with Gasteiger partial charge in [-0.15, -0.1) is 0 Å². The Kier molecular flexibility index (Phi) is 3.50. The number of hydrogen-bond donors (Lipinski definition) is 0. The van der Waals surface area contributed by atoms with E-state index in [0.29, 0.717) is 5.92 Å². The minimum atomic E-state index is 0.582. The molecule has 1 aliphatic heterocycles. The van der Waals surface area contributed by atoms with Crippen molar-refractivity contribution in [1.29, 1.82) is 0 Å². The topological polar surface area (TPSA) is 29.0 Å². The molecule has 4 rings (SSSR count). The van der Waals surface area contributed by atoms with Gasteiger partial charge in [0.15, 0.2) is 0 Å². The molecule has 0 radical (unpaired) electrons. The van der Waals surface area contributed by atoms with Crippen molar-refractivity contribution < 1.29 is 0 Å². The highest BCUT2D eigenvalue weighted by atomic mass is 15.2. The van der Waals surface area contributed by atoms with Crippen LogP contribution in [0.4, 0.5) is 5.82 Å². The first kappa shape index (κ1) is 13.1. The van der Waals surface area contributed by atoms with Crippen LogP contribution in [0.25, 0.3) is 10.9 Å². The van der Waals surface area contributed by atoms with Gasteiger partial charge in [-0.2, -0.15) is 0 Å². The van der Waals surface area contributed by atoms with E-state index in [0.717, 1.165) is 24.4 Å². The van der Waals surface area contributed by atoms with Gasteiger partial charge in [-0.3, -0.25) is 0 Å². The van der Waals surface area contributed by atoms with Crippen LogP contribution in [0, 0.1) is 0 Å². The van der Waals surface area contributed by atoms with Gasteiger partial charge in [-0.05, 0) is 44.2 Å². The van der Waals surface area contributed by atoms with Crippen LogP contribution in [-0.2, 0) is 0 Å². The van der Waals surface area contributed by atoms with E-state index >= 15 is 0 Å². The van der Waals surface area contributed by atoms with Crippen molar-refractivity contribution in [2.24, 2.45) is 0 Å². The largest absolute Gasteiger partial charge is 0.356 e. The number of piperidine rings is 1. The lowest BCUT2D eigenvalue weighted by Crippen LogP contribution is -2.30. The molecule has 110 valence electrons. The van der Waals surface area contributed by atoms with Gasteiger partial charge in [0.05, 0.1) is 5.52 Å². The monoisotopic (exact) mass is 281 g/mol. The first-order chi connectivity index (χ1) is 10.4. The van der Waals surface area contributed by atoms with Gasteiger partial charge in [0.2, 0.25) is 0 Å². The number of aromatic nitrogens is 2. The van der Waals surface area contributed by atoms with Crippen LogP contribution in [0.1, 0.15) is 56.7 Å². The summed E-state index contributed by atoms with van der Waals surface area (Å²) < 4.78 is 0. The average Bonchev–Trinajstić information content (AvgIpc) is 3.09. The van der Waals surface area contributed by atoms with Crippen molar-refractivity contribution in [3.8, 4) is 0 Å². The molecule has 0 bridgehead atoms. The maximum Gasteiger partial charge on any atom is 0.140 e. The molecular formula is C18H23N3. The summed E-state index contributed by atoms with van der Waals surface area (Å²) in [5.41, 5.74) is 1.12. The highest BCUT2D eigenvalue weighted by Gasteiger charge is 2.23. The van der Waals surface area contributed by atoms with Crippen molar-refractivity contribution in [2.75, 3.05) is 18.0 Å². The summed E-state index contributed by atoms with van der Waals surface area (Å²) in [6.45, 7) is 2.29. The van der Waals surface area contributed by atoms with E-state index in [-0.39, 0.29) is 0 Å². The zero-order chi connectivity index (χ0) is 14.1. The lowest BCUT2D eigenvalue weighted by molar-refractivity contribution is 0.571. The number of rotatable bonds is 2. The fourth-order valence-electron chi connectivity index (χ4n) is 3.79. The normalized spacial score (nSPS) is 20.3. The first-order valence-corrected chi connectivity index (χ1v) is 8.43. The maximum atomic E-state index is 5.02. The number of nitrogens with zero attached hydrogens (tertiary/aromatic N) is 3. The quantitative estimate of drug-likeness (QED) is 0.822. The van der Waals surface area contributed by atoms with E-state index in [4.69, 9.17) is 9.97 Å². The average molecular weight is 281 g/mol. The Morgan fingerprint density at radius 1 is 0.857 bits per heavy atom. The van der Waals surface area contributed by atoms with Crippen molar-refractivity contribution in [2.45, 2.75) is 50.9 Å². The van der Waals surface area contributed by atoms with E-state index in [1.165, 1.54) is 56.1 Å². The third-order valence-corrected chi connectivity index (χ3v) is 4.98. The van der Waals surface area contributed by atoms with E-state index in [2.05, 4.69) is 29.2 Å². The lowest BCUT2D eigenvalue weighted by atomic mass is 10.1. The standard InChI is InChI=1S/C18H23N3/c1-6-12-21(13-7-1)18-15-10-4-5-11-16(15)19-17(20-18)14-8-2-3-9-14/h4-5,10-11,14H,1-3,6-9,12-13H2. The Morgan fingerprint density at radius 3 is 2.43 bits per heavy atom. The van der Waals surface area contributed by atoms with Crippen molar-refractivity contribution in [1.82, 2.24) is 9.97 Å². The SMILES string of the molecule is c1ccc2c(N3CCCCC3)nc(C3CCCC3)nc2c1. The van der Waals surface area contributed by atoms with E-state index in [1.54, 1.807) is 0 Å². The minimum absolute atomic E-state index is 0.582. The fourth-order valence-corrected chi connectivity index (χ4v) is 3.79. The molecular weight excluding hydrogens is 258 g/mol. The van der Waals surface area contributed by atoms with Crippen LogP contribution >= 0.6 is 0 Å². The van der Waals surface area contributed by atoms with Crippen LogP contribution in [0.3, 0.4) is 0 Å². The minimum Gasteiger partial charge on any atom is -0.356 e. The molecule has 1 saturated carbocycles. The molecule has 0 amide bonds. The number of benzene rings is 1. The predicted molar refractivity (Wildman–Crippen MR) is 86.8 cm³/mol. The molecule has 3 heteroatoms. The number of hydrogen-bond acceptors (Lipinski definition) is 3. The van der Waals surface area contributed by atoms with Gasteiger partial charge >= 0.3 is 0 Å². The maximum absolute atomic E-state index is 5.02. The molecule has 1 saturated heterocycles. The molecule has 2 aliphatic rings. The summed E-state index contributed by atoms with van der Waals surface area (Å²) in [4.78, 5) is 12.4. The van der Waals surface area contributed by atoms with Crippen LogP contribution in [0.2, 0.25) is 0 Å². The van der Waals surface area contributed by atoms with Crippen LogP contribution in [-0.4, -0.2) is 23.1 Å². The van der Waals surface area contributed by atoms with Crippen LogP contribution < -0.4 is 4.90 Å². The van der Waals surface area contributed by atoms with Crippen molar-refractivity contribution in [3.63, 3.8) is 0 Å². The van der Waals surface area contributed by atoms with Gasteiger partial charge in [0, 0.05) is 24.4 Å². The third-order valence-electron chi connectivity index (χ3n) is 4.98. The Hall–Kier alpha value is -1.64. The second kappa shape index (κ2) is 5.63. The third kappa shape index (κ3) is 2.50. The molecule has 1 aromatic carbocycles. The zero-order valence-corrected chi connectivity index (χ0v) is 12.6. The summed E-state index contributed by atoms with van der Waals surface area (Å²) in [5, 5.41) is 1.22. The molecule has 3 nitrogen and oxygen atoms in total. The molecule has 21 heavy (non-hydrogen) atoms. The Labute approximate surface area is 126 Å². The van der Waals surface area contributed by atoms with Gasteiger partial charge in [-0.1, -0.05) is 25.0 Å². The molecule has 2 heterocycles. The smallest absolute Gasteiger partial charge is 0.140 e. The summed E-state index contributed by atoms with van der Waals surface area (Å²) in [6, 6.07) is 8.52. The van der Waals surface area contributed by atoms with Gasteiger partial charge in [0.1, 0.15) is 11.6 Å². The van der Waals surface area contributed by atoms with Crippen LogP contribution in [0.5, 0.6) is 0 Å². The van der Waals surface area contributed by atoms with Crippen LogP contribution in [0.15, 0.2) is 24.3 Å². The molecule has 0 unspecified atom stereocenters. The highest BCUT2D eigenvalue weighted by molar-refractivity contribution is 5.89. The van der Waals surface area contributed by atoms with Gasteiger partial charge in [0.25, 0.3) is 0 Å². The summed E-state index contributed by atoms with van der Waals surface area (Å²) in [7, 11) is 0. The zero-order valence-electron chi connectivity index (χ0n) is 12.6. The van der Waals surface area contributed by atoms with Gasteiger partial charge < -0.3 is 4.90 Å². The molecule has 2 aromatic rings. The van der Waals surface area contributed by atoms with E-state index in [1.807, 2.05) is 0 Å². The molecule has 0 spiro atoms. The molecule has 1 aromatic heterocycles. The fraction of sp³-hybridized carbons (Fsp3) is 0.556. The summed E-state index contributed by atoms with van der Waals surface area (Å²) in [5.74, 6) is 2.85. The predicted octanol–water partition coefficient (Wildman–Crippen LogP) is 4.28. The van der Waals surface area contributed by atoms with E-state index in [9.17, 15) is 0 Å². The van der Waals surface area contributed by atoms with Crippen molar-refractivity contribution in [3.05, 3.63) is 30.1 Å². The number of anilines is 1. The van der Waals surface area contributed by atoms with Gasteiger partial charge in [-0.25, -0.2) is 9.97 Å². The Bertz CT molecular complexity index is 625. The lowest BCUT2D eigenvalue weighted by Gasteiger charge is -2.29. The highest BCUT2D eigenvalue weighted by Crippen LogP contribution is 2.35. The molecule has 1 aliphatic carbocycles. The molecule has 2 fully saturated rings. The molecule has 0 N–H and O–H groups in total. The van der Waals surface area contributed by atoms with Crippen molar-refractivity contribution >= 4 is 16.7 Å². The first-order valence-electron chi connectivity index (χ1n) is 8.43. The Morgan fingerprint density at radius 2 is 1.62 bits per heavy atom.